The third-order valence-electron chi connectivity index (χ3n) is 1.88. The average molecular weight is 224 g/mol. The van der Waals surface area contributed by atoms with E-state index < -0.39 is 12.0 Å². The summed E-state index contributed by atoms with van der Waals surface area (Å²) in [6.45, 7) is 3.79. The zero-order valence-corrected chi connectivity index (χ0v) is 9.64. The van der Waals surface area contributed by atoms with Gasteiger partial charge in [-0.25, -0.2) is 9.78 Å². The number of esters is 1. The molecule has 16 heavy (non-hydrogen) atoms. The summed E-state index contributed by atoms with van der Waals surface area (Å²) in [5.74, 6) is -0.0685. The Morgan fingerprint density at radius 1 is 1.44 bits per heavy atom. The van der Waals surface area contributed by atoms with Crippen molar-refractivity contribution >= 4 is 5.97 Å². The van der Waals surface area contributed by atoms with Crippen molar-refractivity contribution in [3.8, 4) is 5.88 Å². The second-order valence-electron chi connectivity index (χ2n) is 3.57. The van der Waals surface area contributed by atoms with Gasteiger partial charge >= 0.3 is 5.97 Å². The van der Waals surface area contributed by atoms with Gasteiger partial charge in [-0.1, -0.05) is 6.07 Å². The number of methoxy groups -OCH3 is 1. The van der Waals surface area contributed by atoms with E-state index in [4.69, 9.17) is 10.5 Å². The predicted molar refractivity (Wildman–Crippen MR) is 58.9 cm³/mol. The molecule has 88 valence electrons. The summed E-state index contributed by atoms with van der Waals surface area (Å²) in [5, 5.41) is 0. The van der Waals surface area contributed by atoms with Crippen LogP contribution >= 0.6 is 0 Å². The van der Waals surface area contributed by atoms with E-state index in [2.05, 4.69) is 9.72 Å². The van der Waals surface area contributed by atoms with Crippen LogP contribution in [0.3, 0.4) is 0 Å². The van der Waals surface area contributed by atoms with Gasteiger partial charge in [-0.05, 0) is 19.9 Å². The molecule has 1 atom stereocenters. The maximum Gasteiger partial charge on any atom is 0.328 e. The summed E-state index contributed by atoms with van der Waals surface area (Å²) < 4.78 is 9.94. The molecular formula is C11H16N2O3. The SMILES string of the molecule is COC(=O)C(N)c1cccc(OC(C)C)n1. The van der Waals surface area contributed by atoms with Crippen molar-refractivity contribution in [1.29, 1.82) is 0 Å². The fourth-order valence-electron chi connectivity index (χ4n) is 1.16. The van der Waals surface area contributed by atoms with Gasteiger partial charge in [0, 0.05) is 6.07 Å². The van der Waals surface area contributed by atoms with Gasteiger partial charge in [0.2, 0.25) is 5.88 Å². The third kappa shape index (κ3) is 3.20. The molecule has 0 saturated heterocycles. The maximum absolute atomic E-state index is 11.2. The van der Waals surface area contributed by atoms with Gasteiger partial charge in [-0.15, -0.1) is 0 Å². The summed E-state index contributed by atoms with van der Waals surface area (Å²) in [6.07, 6.45) is 0.0251. The molecule has 0 amide bonds. The van der Waals surface area contributed by atoms with Gasteiger partial charge in [0.25, 0.3) is 0 Å². The topological polar surface area (TPSA) is 74.4 Å². The number of carbonyl (C=O) groups is 1. The third-order valence-corrected chi connectivity index (χ3v) is 1.88. The van der Waals surface area contributed by atoms with Crippen LogP contribution in [0, 0.1) is 0 Å². The van der Waals surface area contributed by atoms with Crippen LogP contribution in [-0.2, 0) is 9.53 Å². The van der Waals surface area contributed by atoms with E-state index in [0.29, 0.717) is 11.6 Å². The highest BCUT2D eigenvalue weighted by Crippen LogP contribution is 2.14. The van der Waals surface area contributed by atoms with Gasteiger partial charge < -0.3 is 15.2 Å². The maximum atomic E-state index is 11.2. The Morgan fingerprint density at radius 2 is 2.12 bits per heavy atom. The van der Waals surface area contributed by atoms with E-state index in [1.165, 1.54) is 7.11 Å². The monoisotopic (exact) mass is 224 g/mol. The lowest BCUT2D eigenvalue weighted by atomic mass is 10.2. The summed E-state index contributed by atoms with van der Waals surface area (Å²) in [6, 6.07) is 4.24. The molecule has 2 N–H and O–H groups in total. The molecule has 0 fully saturated rings. The Bertz CT molecular complexity index is 366. The molecule has 1 unspecified atom stereocenters. The smallest absolute Gasteiger partial charge is 0.328 e. The molecule has 1 heterocycles. The number of hydrogen-bond acceptors (Lipinski definition) is 5. The molecule has 0 radical (unpaired) electrons. The van der Waals surface area contributed by atoms with E-state index in [0.717, 1.165) is 0 Å². The molecule has 1 rings (SSSR count). The zero-order valence-electron chi connectivity index (χ0n) is 9.64. The van der Waals surface area contributed by atoms with Gasteiger partial charge in [-0.3, -0.25) is 0 Å². The fraction of sp³-hybridized carbons (Fsp3) is 0.455. The van der Waals surface area contributed by atoms with Crippen LogP contribution < -0.4 is 10.5 Å². The normalized spacial score (nSPS) is 12.3. The van der Waals surface area contributed by atoms with Gasteiger partial charge in [-0.2, -0.15) is 0 Å². The molecule has 1 aromatic rings. The highest BCUT2D eigenvalue weighted by Gasteiger charge is 2.18. The molecule has 0 aliphatic heterocycles. The van der Waals surface area contributed by atoms with Crippen molar-refractivity contribution < 1.29 is 14.3 Å². The Labute approximate surface area is 94.6 Å². The van der Waals surface area contributed by atoms with Crippen LogP contribution in [-0.4, -0.2) is 24.2 Å². The largest absolute Gasteiger partial charge is 0.475 e. The second-order valence-corrected chi connectivity index (χ2v) is 3.57. The first-order chi connectivity index (χ1) is 7.54. The van der Waals surface area contributed by atoms with Crippen molar-refractivity contribution in [3.63, 3.8) is 0 Å². The van der Waals surface area contributed by atoms with Gasteiger partial charge in [0.15, 0.2) is 0 Å². The van der Waals surface area contributed by atoms with E-state index >= 15 is 0 Å². The fourth-order valence-corrected chi connectivity index (χ4v) is 1.16. The molecule has 1 aromatic heterocycles. The predicted octanol–water partition coefficient (Wildman–Crippen LogP) is 1.04. The molecule has 0 aliphatic carbocycles. The standard InChI is InChI=1S/C11H16N2O3/c1-7(2)16-9-6-4-5-8(13-9)10(12)11(14)15-3/h4-7,10H,12H2,1-3H3. The van der Waals surface area contributed by atoms with Crippen LogP contribution in [0.1, 0.15) is 25.6 Å². The summed E-state index contributed by atoms with van der Waals surface area (Å²) >= 11 is 0. The molecule has 5 heteroatoms. The minimum absolute atomic E-state index is 0.0251. The quantitative estimate of drug-likeness (QED) is 0.773. The zero-order chi connectivity index (χ0) is 12.1. The first kappa shape index (κ1) is 12.4. The Kier molecular flexibility index (Phi) is 4.25. The first-order valence-electron chi connectivity index (χ1n) is 5.01. The van der Waals surface area contributed by atoms with E-state index in [1.54, 1.807) is 18.2 Å². The van der Waals surface area contributed by atoms with E-state index in [-0.39, 0.29) is 6.10 Å². The Balaban J connectivity index is 2.85. The minimum Gasteiger partial charge on any atom is -0.475 e. The summed E-state index contributed by atoms with van der Waals surface area (Å²) in [5.41, 5.74) is 6.09. The summed E-state index contributed by atoms with van der Waals surface area (Å²) in [7, 11) is 1.29. The van der Waals surface area contributed by atoms with E-state index in [9.17, 15) is 4.79 Å². The molecular weight excluding hydrogens is 208 g/mol. The average Bonchev–Trinajstić information content (AvgIpc) is 2.26. The van der Waals surface area contributed by atoms with Crippen LogP contribution in [0.4, 0.5) is 0 Å². The number of hydrogen-bond donors (Lipinski definition) is 1. The lowest BCUT2D eigenvalue weighted by Crippen LogP contribution is -2.23. The van der Waals surface area contributed by atoms with Crippen molar-refractivity contribution in [1.82, 2.24) is 4.98 Å². The number of pyridine rings is 1. The van der Waals surface area contributed by atoms with Crippen LogP contribution in [0.2, 0.25) is 0 Å². The Morgan fingerprint density at radius 3 is 2.69 bits per heavy atom. The Hall–Kier alpha value is -1.62. The van der Waals surface area contributed by atoms with Crippen LogP contribution in [0.25, 0.3) is 0 Å². The van der Waals surface area contributed by atoms with Gasteiger partial charge in [0.05, 0.1) is 18.9 Å². The van der Waals surface area contributed by atoms with Gasteiger partial charge in [0.1, 0.15) is 6.04 Å². The molecule has 0 aliphatic rings. The number of ether oxygens (including phenoxy) is 2. The highest BCUT2D eigenvalue weighted by molar-refractivity contribution is 5.76. The van der Waals surface area contributed by atoms with Crippen molar-refractivity contribution in [2.75, 3.05) is 7.11 Å². The minimum atomic E-state index is -0.874. The van der Waals surface area contributed by atoms with Crippen molar-refractivity contribution in [3.05, 3.63) is 23.9 Å². The molecule has 0 saturated carbocycles. The molecule has 0 aromatic carbocycles. The number of carbonyl (C=O) groups excluding carboxylic acids is 1. The highest BCUT2D eigenvalue weighted by atomic mass is 16.5. The first-order valence-corrected chi connectivity index (χ1v) is 5.01. The van der Waals surface area contributed by atoms with Crippen molar-refractivity contribution in [2.45, 2.75) is 26.0 Å². The van der Waals surface area contributed by atoms with E-state index in [1.807, 2.05) is 13.8 Å². The number of aromatic nitrogens is 1. The number of nitrogens with two attached hydrogens (primary N) is 1. The molecule has 0 bridgehead atoms. The second kappa shape index (κ2) is 5.46. The van der Waals surface area contributed by atoms with Crippen molar-refractivity contribution in [2.24, 2.45) is 5.73 Å². The van der Waals surface area contributed by atoms with Crippen LogP contribution in [0.5, 0.6) is 5.88 Å². The lowest BCUT2D eigenvalue weighted by Gasteiger charge is -2.12. The molecule has 0 spiro atoms. The summed E-state index contributed by atoms with van der Waals surface area (Å²) in [4.78, 5) is 15.4. The number of rotatable bonds is 4. The number of nitrogens with zero attached hydrogens (tertiary/aromatic N) is 1. The molecule has 5 nitrogen and oxygen atoms in total. The van der Waals surface area contributed by atoms with Crippen LogP contribution in [0.15, 0.2) is 18.2 Å². The lowest BCUT2D eigenvalue weighted by molar-refractivity contribution is -0.142.